The molecule has 3 nitrogen and oxygen atoms in total. The molecule has 104 valence electrons. The van der Waals surface area contributed by atoms with Gasteiger partial charge in [0.2, 0.25) is 5.91 Å². The average Bonchev–Trinajstić information content (AvgIpc) is 2.38. The van der Waals surface area contributed by atoms with Crippen LogP contribution in [-0.4, -0.2) is 11.6 Å². The van der Waals surface area contributed by atoms with E-state index in [1.807, 2.05) is 19.9 Å². The molecule has 0 radical (unpaired) electrons. The molecule has 1 aromatic rings. The largest absolute Gasteiger partial charge is 0.273 e. The zero-order valence-electron chi connectivity index (χ0n) is 11.2. The van der Waals surface area contributed by atoms with E-state index in [9.17, 15) is 4.79 Å². The highest BCUT2D eigenvalue weighted by Gasteiger charge is 2.08. The predicted octanol–water partition coefficient (Wildman–Crippen LogP) is 4.41. The summed E-state index contributed by atoms with van der Waals surface area (Å²) in [7, 11) is 0. The summed E-state index contributed by atoms with van der Waals surface area (Å²) in [5, 5.41) is 5.26. The molecule has 0 fully saturated rings. The van der Waals surface area contributed by atoms with E-state index in [2.05, 4.69) is 10.5 Å². The van der Waals surface area contributed by atoms with Gasteiger partial charge in [0.25, 0.3) is 0 Å². The summed E-state index contributed by atoms with van der Waals surface area (Å²) in [6.07, 6.45) is 3.02. The molecule has 0 aliphatic carbocycles. The standard InChI is InChI=1S/C14H18Cl2N2O/c1-3-5-6-14(19)18-17-13(4-2)11-8-7-10(15)9-12(11)16/h7-9H,3-6H2,1-2H3,(H,18,19)/b17-13+. The molecule has 0 saturated carbocycles. The second-order valence-corrected chi connectivity index (χ2v) is 5.02. The van der Waals surface area contributed by atoms with E-state index >= 15 is 0 Å². The van der Waals surface area contributed by atoms with Crippen molar-refractivity contribution in [3.8, 4) is 0 Å². The Bertz CT molecular complexity index is 473. The van der Waals surface area contributed by atoms with Crippen LogP contribution in [0.15, 0.2) is 23.3 Å². The average molecular weight is 301 g/mol. The lowest BCUT2D eigenvalue weighted by atomic mass is 10.1. The molecule has 0 heterocycles. The number of rotatable bonds is 6. The van der Waals surface area contributed by atoms with Crippen LogP contribution in [0.4, 0.5) is 0 Å². The molecule has 0 aromatic heterocycles. The Morgan fingerprint density at radius 2 is 2.05 bits per heavy atom. The van der Waals surface area contributed by atoms with Crippen LogP contribution in [0.5, 0.6) is 0 Å². The van der Waals surface area contributed by atoms with Gasteiger partial charge < -0.3 is 0 Å². The number of unbranched alkanes of at least 4 members (excludes halogenated alkanes) is 1. The molecule has 0 saturated heterocycles. The van der Waals surface area contributed by atoms with Gasteiger partial charge in [0, 0.05) is 17.0 Å². The van der Waals surface area contributed by atoms with E-state index in [-0.39, 0.29) is 5.91 Å². The Labute approximate surface area is 124 Å². The van der Waals surface area contributed by atoms with E-state index in [0.29, 0.717) is 22.9 Å². The van der Waals surface area contributed by atoms with Crippen molar-refractivity contribution in [2.24, 2.45) is 5.10 Å². The Balaban J connectivity index is 2.79. The molecular weight excluding hydrogens is 283 g/mol. The molecule has 1 amide bonds. The molecular formula is C14H18Cl2N2O. The Morgan fingerprint density at radius 3 is 2.63 bits per heavy atom. The number of benzene rings is 1. The van der Waals surface area contributed by atoms with E-state index in [1.165, 1.54) is 0 Å². The van der Waals surface area contributed by atoms with Gasteiger partial charge in [-0.3, -0.25) is 4.79 Å². The van der Waals surface area contributed by atoms with Crippen molar-refractivity contribution in [2.45, 2.75) is 39.5 Å². The number of nitrogens with zero attached hydrogens (tertiary/aromatic N) is 1. The van der Waals surface area contributed by atoms with Crippen molar-refractivity contribution in [1.29, 1.82) is 0 Å². The minimum absolute atomic E-state index is 0.0714. The van der Waals surface area contributed by atoms with Crippen LogP contribution in [0, 0.1) is 0 Å². The highest BCUT2D eigenvalue weighted by Crippen LogP contribution is 2.22. The van der Waals surface area contributed by atoms with Crippen molar-refractivity contribution in [1.82, 2.24) is 5.43 Å². The van der Waals surface area contributed by atoms with Crippen LogP contribution in [0.3, 0.4) is 0 Å². The maximum absolute atomic E-state index is 11.5. The van der Waals surface area contributed by atoms with Crippen molar-refractivity contribution >= 4 is 34.8 Å². The zero-order chi connectivity index (χ0) is 14.3. The summed E-state index contributed by atoms with van der Waals surface area (Å²) in [4.78, 5) is 11.5. The van der Waals surface area contributed by atoms with E-state index in [0.717, 1.165) is 24.1 Å². The monoisotopic (exact) mass is 300 g/mol. The first-order valence-corrected chi connectivity index (χ1v) is 7.14. The third-order valence-electron chi connectivity index (χ3n) is 2.65. The molecule has 0 bridgehead atoms. The third kappa shape index (κ3) is 5.21. The molecule has 1 rings (SSSR count). The highest BCUT2D eigenvalue weighted by atomic mass is 35.5. The SMILES string of the molecule is CCCCC(=O)N/N=C(\CC)c1ccc(Cl)cc1Cl. The van der Waals surface area contributed by atoms with Crippen molar-refractivity contribution in [2.75, 3.05) is 0 Å². The summed E-state index contributed by atoms with van der Waals surface area (Å²) in [6.45, 7) is 4.00. The number of hydrogen-bond acceptors (Lipinski definition) is 2. The number of nitrogens with one attached hydrogen (secondary N) is 1. The van der Waals surface area contributed by atoms with Gasteiger partial charge in [-0.05, 0) is 25.0 Å². The van der Waals surface area contributed by atoms with Gasteiger partial charge >= 0.3 is 0 Å². The minimum atomic E-state index is -0.0714. The Morgan fingerprint density at radius 1 is 1.32 bits per heavy atom. The van der Waals surface area contributed by atoms with Gasteiger partial charge in [-0.2, -0.15) is 5.10 Å². The van der Waals surface area contributed by atoms with Crippen molar-refractivity contribution < 1.29 is 4.79 Å². The van der Waals surface area contributed by atoms with E-state index in [4.69, 9.17) is 23.2 Å². The second kappa shape index (κ2) is 8.18. The van der Waals surface area contributed by atoms with Crippen LogP contribution in [0.1, 0.15) is 45.1 Å². The number of carbonyl (C=O) groups is 1. The quantitative estimate of drug-likeness (QED) is 0.613. The molecule has 0 aliphatic rings. The van der Waals surface area contributed by atoms with Gasteiger partial charge in [-0.1, -0.05) is 49.5 Å². The lowest BCUT2D eigenvalue weighted by molar-refractivity contribution is -0.121. The van der Waals surface area contributed by atoms with E-state index < -0.39 is 0 Å². The van der Waals surface area contributed by atoms with Gasteiger partial charge in [0.15, 0.2) is 0 Å². The van der Waals surface area contributed by atoms with Crippen LogP contribution in [0.25, 0.3) is 0 Å². The molecule has 0 spiro atoms. The topological polar surface area (TPSA) is 41.5 Å². The van der Waals surface area contributed by atoms with Gasteiger partial charge in [0.05, 0.1) is 10.7 Å². The van der Waals surface area contributed by atoms with E-state index in [1.54, 1.807) is 12.1 Å². The maximum atomic E-state index is 11.5. The number of hydrogen-bond donors (Lipinski definition) is 1. The molecule has 0 aliphatic heterocycles. The van der Waals surface area contributed by atoms with Gasteiger partial charge in [-0.25, -0.2) is 5.43 Å². The molecule has 0 unspecified atom stereocenters. The fourth-order valence-electron chi connectivity index (χ4n) is 1.58. The summed E-state index contributed by atoms with van der Waals surface area (Å²) < 4.78 is 0. The lowest BCUT2D eigenvalue weighted by Gasteiger charge is -2.07. The van der Waals surface area contributed by atoms with Gasteiger partial charge in [0.1, 0.15) is 0 Å². The van der Waals surface area contributed by atoms with Crippen molar-refractivity contribution in [3.05, 3.63) is 33.8 Å². The van der Waals surface area contributed by atoms with Gasteiger partial charge in [-0.15, -0.1) is 0 Å². The number of hydrazone groups is 1. The first kappa shape index (κ1) is 16.0. The van der Waals surface area contributed by atoms with Crippen LogP contribution < -0.4 is 5.43 Å². The molecule has 1 aromatic carbocycles. The lowest BCUT2D eigenvalue weighted by Crippen LogP contribution is -2.19. The third-order valence-corrected chi connectivity index (χ3v) is 3.20. The Kier molecular flexibility index (Phi) is 6.89. The molecule has 0 atom stereocenters. The zero-order valence-corrected chi connectivity index (χ0v) is 12.7. The Hall–Kier alpha value is -1.06. The van der Waals surface area contributed by atoms with Crippen molar-refractivity contribution in [3.63, 3.8) is 0 Å². The highest BCUT2D eigenvalue weighted by molar-refractivity contribution is 6.37. The maximum Gasteiger partial charge on any atom is 0.240 e. The molecule has 5 heteroatoms. The summed E-state index contributed by atoms with van der Waals surface area (Å²) in [6, 6.07) is 5.24. The van der Waals surface area contributed by atoms with Crippen LogP contribution in [-0.2, 0) is 4.79 Å². The number of carbonyl (C=O) groups excluding carboxylic acids is 1. The molecule has 19 heavy (non-hydrogen) atoms. The fourth-order valence-corrected chi connectivity index (χ4v) is 2.09. The second-order valence-electron chi connectivity index (χ2n) is 4.17. The summed E-state index contributed by atoms with van der Waals surface area (Å²) in [5.41, 5.74) is 4.10. The number of halogens is 2. The van der Waals surface area contributed by atoms with Crippen LogP contribution in [0.2, 0.25) is 10.0 Å². The first-order valence-electron chi connectivity index (χ1n) is 6.39. The van der Waals surface area contributed by atoms with Crippen LogP contribution >= 0.6 is 23.2 Å². The molecule has 1 N–H and O–H groups in total. The predicted molar refractivity (Wildman–Crippen MR) is 81.0 cm³/mol. The number of amides is 1. The summed E-state index contributed by atoms with van der Waals surface area (Å²) in [5.74, 6) is -0.0714. The fraction of sp³-hybridized carbons (Fsp3) is 0.429. The summed E-state index contributed by atoms with van der Waals surface area (Å²) >= 11 is 12.0. The normalized spacial score (nSPS) is 11.5. The minimum Gasteiger partial charge on any atom is -0.273 e. The first-order chi connectivity index (χ1) is 9.08. The smallest absolute Gasteiger partial charge is 0.240 e.